The van der Waals surface area contributed by atoms with Crippen molar-refractivity contribution in [3.63, 3.8) is 0 Å². The smallest absolute Gasteiger partial charge is 0.232 e. The maximum absolute atomic E-state index is 12.4. The average molecular weight is 333 g/mol. The molecule has 0 bridgehead atoms. The van der Waals surface area contributed by atoms with Crippen molar-refractivity contribution in [1.82, 2.24) is 9.97 Å². The molecule has 2 aliphatic heterocycles. The van der Waals surface area contributed by atoms with Gasteiger partial charge >= 0.3 is 0 Å². The van der Waals surface area contributed by atoms with E-state index in [2.05, 4.69) is 22.2 Å². The number of hydrogen-bond donors (Lipinski definition) is 2. The van der Waals surface area contributed by atoms with Gasteiger partial charge in [-0.3, -0.25) is 9.69 Å². The summed E-state index contributed by atoms with van der Waals surface area (Å²) in [4.78, 5) is 23.0. The Bertz CT molecular complexity index is 587. The SMILES string of the molecule is CCCCNc1nc(N)c2c(n1)N(CCC1CCOCC1)C(=O)C2. The van der Waals surface area contributed by atoms with E-state index in [-0.39, 0.29) is 5.91 Å². The number of carbonyl (C=O) groups excluding carboxylic acids is 1. The second kappa shape index (κ2) is 7.79. The highest BCUT2D eigenvalue weighted by Crippen LogP contribution is 2.32. The van der Waals surface area contributed by atoms with Gasteiger partial charge < -0.3 is 15.8 Å². The summed E-state index contributed by atoms with van der Waals surface area (Å²) in [5.41, 5.74) is 6.83. The molecule has 0 unspecified atom stereocenters. The summed E-state index contributed by atoms with van der Waals surface area (Å²) in [6.07, 6.45) is 5.59. The summed E-state index contributed by atoms with van der Waals surface area (Å²) in [7, 11) is 0. The normalized spacial score (nSPS) is 18.0. The number of fused-ring (bicyclic) bond motifs is 1. The van der Waals surface area contributed by atoms with Crippen molar-refractivity contribution < 1.29 is 9.53 Å². The van der Waals surface area contributed by atoms with E-state index in [4.69, 9.17) is 10.5 Å². The minimum atomic E-state index is 0.0729. The largest absolute Gasteiger partial charge is 0.383 e. The van der Waals surface area contributed by atoms with E-state index in [9.17, 15) is 4.79 Å². The molecular weight excluding hydrogens is 306 g/mol. The number of unbranched alkanes of at least 4 members (excludes halogenated alkanes) is 1. The van der Waals surface area contributed by atoms with E-state index in [1.807, 2.05) is 0 Å². The van der Waals surface area contributed by atoms with Crippen LogP contribution in [0.25, 0.3) is 0 Å². The summed E-state index contributed by atoms with van der Waals surface area (Å²) in [5, 5.41) is 3.20. The lowest BCUT2D eigenvalue weighted by molar-refractivity contribution is -0.117. The quantitative estimate of drug-likeness (QED) is 0.741. The van der Waals surface area contributed by atoms with E-state index >= 15 is 0 Å². The van der Waals surface area contributed by atoms with Crippen LogP contribution in [0.4, 0.5) is 17.6 Å². The molecule has 0 spiro atoms. The maximum atomic E-state index is 12.4. The third kappa shape index (κ3) is 3.77. The molecule has 1 fully saturated rings. The van der Waals surface area contributed by atoms with Crippen LogP contribution in [-0.2, 0) is 16.0 Å². The zero-order chi connectivity index (χ0) is 16.9. The van der Waals surface area contributed by atoms with Crippen molar-refractivity contribution in [2.45, 2.75) is 45.4 Å². The molecule has 132 valence electrons. The molecule has 0 radical (unpaired) electrons. The topological polar surface area (TPSA) is 93.4 Å². The highest BCUT2D eigenvalue weighted by atomic mass is 16.5. The summed E-state index contributed by atoms with van der Waals surface area (Å²) < 4.78 is 5.40. The highest BCUT2D eigenvalue weighted by molar-refractivity contribution is 6.01. The number of aromatic nitrogens is 2. The van der Waals surface area contributed by atoms with Crippen molar-refractivity contribution in [2.24, 2.45) is 5.92 Å². The second-order valence-corrected chi connectivity index (χ2v) is 6.58. The average Bonchev–Trinajstić information content (AvgIpc) is 2.90. The standard InChI is InChI=1S/C17H27N5O2/c1-2-3-7-19-17-20-15(18)13-11-14(23)22(16(13)21-17)8-4-12-5-9-24-10-6-12/h12H,2-11H2,1H3,(H3,18,19,20,21). The first-order valence-electron chi connectivity index (χ1n) is 8.97. The van der Waals surface area contributed by atoms with E-state index in [0.29, 0.717) is 36.5 Å². The van der Waals surface area contributed by atoms with E-state index in [1.165, 1.54) is 0 Å². The van der Waals surface area contributed by atoms with Gasteiger partial charge in [-0.1, -0.05) is 13.3 Å². The molecule has 1 aromatic rings. The van der Waals surface area contributed by atoms with Gasteiger partial charge in [0.25, 0.3) is 0 Å². The van der Waals surface area contributed by atoms with Crippen LogP contribution in [0.1, 0.15) is 44.6 Å². The number of nitrogen functional groups attached to an aromatic ring is 1. The monoisotopic (exact) mass is 333 g/mol. The number of nitrogens with one attached hydrogen (secondary N) is 1. The lowest BCUT2D eigenvalue weighted by Gasteiger charge is -2.24. The summed E-state index contributed by atoms with van der Waals surface area (Å²) in [6.45, 7) is 5.30. The Balaban J connectivity index is 1.69. The molecule has 0 aliphatic carbocycles. The Morgan fingerprint density at radius 2 is 2.12 bits per heavy atom. The Morgan fingerprint density at radius 1 is 1.33 bits per heavy atom. The lowest BCUT2D eigenvalue weighted by Crippen LogP contribution is -2.31. The number of amides is 1. The molecule has 1 amide bonds. The molecule has 7 nitrogen and oxygen atoms in total. The molecule has 0 aromatic carbocycles. The predicted octanol–water partition coefficient (Wildman–Crippen LogP) is 1.98. The first kappa shape index (κ1) is 17.0. The van der Waals surface area contributed by atoms with Crippen LogP contribution in [0.3, 0.4) is 0 Å². The zero-order valence-electron chi connectivity index (χ0n) is 14.4. The van der Waals surface area contributed by atoms with Gasteiger partial charge in [0.05, 0.1) is 6.42 Å². The van der Waals surface area contributed by atoms with Crippen LogP contribution in [0.15, 0.2) is 0 Å². The number of carbonyl (C=O) groups is 1. The van der Waals surface area contributed by atoms with Gasteiger partial charge in [0.1, 0.15) is 11.6 Å². The molecule has 2 aliphatic rings. The molecular formula is C17H27N5O2. The fourth-order valence-electron chi connectivity index (χ4n) is 3.28. The minimum absolute atomic E-state index is 0.0729. The number of rotatable bonds is 7. The van der Waals surface area contributed by atoms with E-state index in [0.717, 1.165) is 57.4 Å². The molecule has 0 saturated carbocycles. The van der Waals surface area contributed by atoms with Gasteiger partial charge in [-0.2, -0.15) is 9.97 Å². The van der Waals surface area contributed by atoms with Gasteiger partial charge in [-0.25, -0.2) is 0 Å². The Hall–Kier alpha value is -1.89. The first-order valence-corrected chi connectivity index (χ1v) is 8.97. The Kier molecular flexibility index (Phi) is 5.50. The molecule has 0 atom stereocenters. The Morgan fingerprint density at radius 3 is 2.88 bits per heavy atom. The first-order chi connectivity index (χ1) is 11.7. The molecule has 3 N–H and O–H groups in total. The van der Waals surface area contributed by atoms with Crippen molar-refractivity contribution in [3.05, 3.63) is 5.56 Å². The summed E-state index contributed by atoms with van der Waals surface area (Å²) >= 11 is 0. The predicted molar refractivity (Wildman–Crippen MR) is 94.1 cm³/mol. The van der Waals surface area contributed by atoms with Crippen molar-refractivity contribution >= 4 is 23.5 Å². The second-order valence-electron chi connectivity index (χ2n) is 6.58. The minimum Gasteiger partial charge on any atom is -0.383 e. The molecule has 3 rings (SSSR count). The third-order valence-electron chi connectivity index (χ3n) is 4.82. The number of anilines is 3. The van der Waals surface area contributed by atoms with Gasteiger partial charge in [-0.05, 0) is 31.6 Å². The maximum Gasteiger partial charge on any atom is 0.232 e. The lowest BCUT2D eigenvalue weighted by atomic mass is 9.96. The molecule has 1 aromatic heterocycles. The van der Waals surface area contributed by atoms with Crippen LogP contribution < -0.4 is 16.0 Å². The van der Waals surface area contributed by atoms with Crippen LogP contribution in [0, 0.1) is 5.92 Å². The number of hydrogen-bond acceptors (Lipinski definition) is 6. The van der Waals surface area contributed by atoms with Gasteiger partial charge in [0.2, 0.25) is 11.9 Å². The van der Waals surface area contributed by atoms with Crippen molar-refractivity contribution in [2.75, 3.05) is 42.3 Å². The van der Waals surface area contributed by atoms with Gasteiger partial charge in [0, 0.05) is 31.9 Å². The van der Waals surface area contributed by atoms with Crippen molar-refractivity contribution in [1.29, 1.82) is 0 Å². The van der Waals surface area contributed by atoms with Crippen LogP contribution in [0.5, 0.6) is 0 Å². The molecule has 7 heteroatoms. The van der Waals surface area contributed by atoms with Crippen LogP contribution in [-0.4, -0.2) is 42.2 Å². The van der Waals surface area contributed by atoms with E-state index < -0.39 is 0 Å². The van der Waals surface area contributed by atoms with Crippen LogP contribution >= 0.6 is 0 Å². The summed E-state index contributed by atoms with van der Waals surface area (Å²) in [6, 6.07) is 0. The number of nitrogens with two attached hydrogens (primary N) is 1. The fraction of sp³-hybridized carbons (Fsp3) is 0.706. The molecule has 3 heterocycles. The van der Waals surface area contributed by atoms with Gasteiger partial charge in [-0.15, -0.1) is 0 Å². The summed E-state index contributed by atoms with van der Waals surface area (Å²) in [5.74, 6) is 2.32. The van der Waals surface area contributed by atoms with E-state index in [1.54, 1.807) is 4.90 Å². The molecule has 24 heavy (non-hydrogen) atoms. The fourth-order valence-corrected chi connectivity index (χ4v) is 3.28. The molecule has 1 saturated heterocycles. The highest BCUT2D eigenvalue weighted by Gasteiger charge is 2.32. The third-order valence-corrected chi connectivity index (χ3v) is 4.82. The van der Waals surface area contributed by atoms with Gasteiger partial charge in [0.15, 0.2) is 0 Å². The zero-order valence-corrected chi connectivity index (χ0v) is 14.4. The Labute approximate surface area is 143 Å². The number of nitrogens with zero attached hydrogens (tertiary/aromatic N) is 3. The van der Waals surface area contributed by atoms with Crippen LogP contribution in [0.2, 0.25) is 0 Å². The number of ether oxygens (including phenoxy) is 1. The van der Waals surface area contributed by atoms with Crippen molar-refractivity contribution in [3.8, 4) is 0 Å².